The van der Waals surface area contributed by atoms with Crippen molar-refractivity contribution in [3.05, 3.63) is 35.9 Å². The molecule has 0 spiro atoms. The van der Waals surface area contributed by atoms with Crippen LogP contribution in [0.25, 0.3) is 0 Å². The molecular formula is C18H23N3O5S. The summed E-state index contributed by atoms with van der Waals surface area (Å²) in [5, 5.41) is 5.37. The molecule has 3 rings (SSSR count). The van der Waals surface area contributed by atoms with Crippen LogP contribution in [0.15, 0.2) is 30.3 Å². The Morgan fingerprint density at radius 3 is 2.59 bits per heavy atom. The first-order valence-electron chi connectivity index (χ1n) is 8.97. The summed E-state index contributed by atoms with van der Waals surface area (Å²) < 4.78 is 23.0. The smallest absolute Gasteiger partial charge is 0.325 e. The first kappa shape index (κ1) is 19.3. The minimum absolute atomic E-state index is 0.0364. The van der Waals surface area contributed by atoms with Crippen molar-refractivity contribution in [1.82, 2.24) is 15.5 Å². The van der Waals surface area contributed by atoms with Crippen LogP contribution in [0.3, 0.4) is 0 Å². The summed E-state index contributed by atoms with van der Waals surface area (Å²) >= 11 is 0. The van der Waals surface area contributed by atoms with Gasteiger partial charge in [0, 0.05) is 6.04 Å². The van der Waals surface area contributed by atoms with Crippen LogP contribution < -0.4 is 10.6 Å². The highest BCUT2D eigenvalue weighted by Gasteiger charge is 2.52. The zero-order valence-electron chi connectivity index (χ0n) is 15.1. The van der Waals surface area contributed by atoms with Gasteiger partial charge in [-0.1, -0.05) is 43.7 Å². The standard InChI is InChI=1S/C18H23N3O5S/c1-2-9-18(13-6-4-3-5-7-13)16(23)21(17(24)20-18)11-15(22)19-14-8-10-27(25,26)12-14/h3-7,14H,2,8-12H2,1H3,(H,19,22)(H,20,24)/t14-,18-/m0/s1. The quantitative estimate of drug-likeness (QED) is 0.685. The summed E-state index contributed by atoms with van der Waals surface area (Å²) in [5.41, 5.74) is -0.501. The molecule has 27 heavy (non-hydrogen) atoms. The molecule has 0 aromatic heterocycles. The number of amides is 4. The average molecular weight is 393 g/mol. The lowest BCUT2D eigenvalue weighted by Gasteiger charge is -2.27. The number of rotatable bonds is 6. The van der Waals surface area contributed by atoms with Gasteiger partial charge in [-0.2, -0.15) is 0 Å². The van der Waals surface area contributed by atoms with Crippen LogP contribution in [0.4, 0.5) is 4.79 Å². The van der Waals surface area contributed by atoms with Crippen molar-refractivity contribution >= 4 is 27.7 Å². The number of sulfone groups is 1. The molecule has 1 aromatic carbocycles. The lowest BCUT2D eigenvalue weighted by Crippen LogP contribution is -2.46. The number of urea groups is 1. The fourth-order valence-corrected chi connectivity index (χ4v) is 5.38. The summed E-state index contributed by atoms with van der Waals surface area (Å²) in [4.78, 5) is 38.7. The number of carbonyl (C=O) groups is 3. The molecule has 2 heterocycles. The third-order valence-corrected chi connectivity index (χ3v) is 6.73. The van der Waals surface area contributed by atoms with Gasteiger partial charge in [-0.3, -0.25) is 14.5 Å². The summed E-state index contributed by atoms with van der Waals surface area (Å²) in [6.45, 7) is 1.49. The Balaban J connectivity index is 1.74. The van der Waals surface area contributed by atoms with Gasteiger partial charge in [-0.25, -0.2) is 13.2 Å². The molecule has 8 nitrogen and oxygen atoms in total. The monoisotopic (exact) mass is 393 g/mol. The van der Waals surface area contributed by atoms with E-state index >= 15 is 0 Å². The Bertz CT molecular complexity index is 855. The van der Waals surface area contributed by atoms with Gasteiger partial charge in [0.05, 0.1) is 11.5 Å². The van der Waals surface area contributed by atoms with Gasteiger partial charge in [0.2, 0.25) is 5.91 Å². The van der Waals surface area contributed by atoms with Gasteiger partial charge < -0.3 is 10.6 Å². The van der Waals surface area contributed by atoms with Crippen molar-refractivity contribution in [3.63, 3.8) is 0 Å². The molecular weight excluding hydrogens is 370 g/mol. The topological polar surface area (TPSA) is 113 Å². The lowest BCUT2D eigenvalue weighted by molar-refractivity contribution is -0.135. The predicted molar refractivity (Wildman–Crippen MR) is 98.5 cm³/mol. The summed E-state index contributed by atoms with van der Waals surface area (Å²) in [5.74, 6) is -1.08. The fourth-order valence-electron chi connectivity index (χ4n) is 3.70. The van der Waals surface area contributed by atoms with E-state index in [2.05, 4.69) is 10.6 Å². The van der Waals surface area contributed by atoms with Crippen molar-refractivity contribution in [2.45, 2.75) is 37.8 Å². The maximum absolute atomic E-state index is 13.1. The predicted octanol–water partition coefficient (Wildman–Crippen LogP) is 0.537. The Labute approximate surface area is 158 Å². The Hall–Kier alpha value is -2.42. The third kappa shape index (κ3) is 3.83. The van der Waals surface area contributed by atoms with Crippen LogP contribution in [-0.2, 0) is 25.0 Å². The van der Waals surface area contributed by atoms with Crippen molar-refractivity contribution in [2.75, 3.05) is 18.1 Å². The zero-order chi connectivity index (χ0) is 19.7. The number of hydrogen-bond donors (Lipinski definition) is 2. The van der Waals surface area contributed by atoms with E-state index in [0.717, 1.165) is 4.90 Å². The van der Waals surface area contributed by atoms with Gasteiger partial charge in [0.15, 0.2) is 9.84 Å². The molecule has 0 aliphatic carbocycles. The normalized spacial score (nSPS) is 26.9. The van der Waals surface area contributed by atoms with E-state index in [9.17, 15) is 22.8 Å². The molecule has 2 fully saturated rings. The summed E-state index contributed by atoms with van der Waals surface area (Å²) in [6.07, 6.45) is 1.43. The largest absolute Gasteiger partial charge is 0.351 e. The third-order valence-electron chi connectivity index (χ3n) is 4.97. The van der Waals surface area contributed by atoms with Crippen LogP contribution in [0.1, 0.15) is 31.7 Å². The van der Waals surface area contributed by atoms with Gasteiger partial charge in [0.1, 0.15) is 12.1 Å². The number of nitrogens with one attached hydrogen (secondary N) is 2. The highest BCUT2D eigenvalue weighted by atomic mass is 32.2. The van der Waals surface area contributed by atoms with Gasteiger partial charge >= 0.3 is 6.03 Å². The molecule has 146 valence electrons. The lowest BCUT2D eigenvalue weighted by atomic mass is 9.85. The minimum atomic E-state index is -3.13. The first-order valence-corrected chi connectivity index (χ1v) is 10.8. The van der Waals surface area contributed by atoms with E-state index < -0.39 is 45.8 Å². The van der Waals surface area contributed by atoms with Crippen molar-refractivity contribution < 1.29 is 22.8 Å². The molecule has 9 heteroatoms. The molecule has 0 saturated carbocycles. The van der Waals surface area contributed by atoms with E-state index in [4.69, 9.17) is 0 Å². The number of carbonyl (C=O) groups excluding carboxylic acids is 3. The molecule has 4 amide bonds. The number of hydrogen-bond acceptors (Lipinski definition) is 5. The second-order valence-electron chi connectivity index (χ2n) is 7.01. The van der Waals surface area contributed by atoms with E-state index in [1.165, 1.54) is 0 Å². The highest BCUT2D eigenvalue weighted by molar-refractivity contribution is 7.91. The summed E-state index contributed by atoms with van der Waals surface area (Å²) in [6, 6.07) is 7.88. The summed E-state index contributed by atoms with van der Waals surface area (Å²) in [7, 11) is -3.13. The molecule has 0 unspecified atom stereocenters. The van der Waals surface area contributed by atoms with Gasteiger partial charge in [0.25, 0.3) is 5.91 Å². The minimum Gasteiger partial charge on any atom is -0.351 e. The number of nitrogens with zero attached hydrogens (tertiary/aromatic N) is 1. The highest BCUT2D eigenvalue weighted by Crippen LogP contribution is 2.33. The van der Waals surface area contributed by atoms with E-state index in [1.54, 1.807) is 24.3 Å². The average Bonchev–Trinajstić information content (AvgIpc) is 3.08. The second kappa shape index (κ2) is 7.30. The molecule has 2 aliphatic rings. The second-order valence-corrected chi connectivity index (χ2v) is 9.24. The molecule has 2 saturated heterocycles. The van der Waals surface area contributed by atoms with E-state index in [1.807, 2.05) is 13.0 Å². The van der Waals surface area contributed by atoms with Crippen LogP contribution in [-0.4, -0.2) is 55.3 Å². The molecule has 0 radical (unpaired) electrons. The number of benzene rings is 1. The maximum atomic E-state index is 13.1. The SMILES string of the molecule is CCC[C@@]1(c2ccccc2)NC(=O)N(CC(=O)N[C@H]2CCS(=O)(=O)C2)C1=O. The molecule has 2 aliphatic heterocycles. The van der Waals surface area contributed by atoms with Crippen LogP contribution in [0, 0.1) is 0 Å². The Kier molecular flexibility index (Phi) is 5.23. The molecule has 0 bridgehead atoms. The van der Waals surface area contributed by atoms with Crippen LogP contribution in [0.5, 0.6) is 0 Å². The molecule has 1 aromatic rings. The molecule has 2 N–H and O–H groups in total. The Morgan fingerprint density at radius 1 is 1.30 bits per heavy atom. The van der Waals surface area contributed by atoms with Gasteiger partial charge in [-0.15, -0.1) is 0 Å². The van der Waals surface area contributed by atoms with E-state index in [0.29, 0.717) is 24.8 Å². The first-order chi connectivity index (χ1) is 12.8. The number of imide groups is 1. The van der Waals surface area contributed by atoms with Crippen molar-refractivity contribution in [1.29, 1.82) is 0 Å². The van der Waals surface area contributed by atoms with Crippen molar-refractivity contribution in [3.8, 4) is 0 Å². The Morgan fingerprint density at radius 2 is 2.00 bits per heavy atom. The fraction of sp³-hybridized carbons (Fsp3) is 0.500. The molecule has 2 atom stereocenters. The van der Waals surface area contributed by atoms with Crippen LogP contribution >= 0.6 is 0 Å². The maximum Gasteiger partial charge on any atom is 0.325 e. The van der Waals surface area contributed by atoms with Crippen LogP contribution in [0.2, 0.25) is 0 Å². The zero-order valence-corrected chi connectivity index (χ0v) is 15.9. The van der Waals surface area contributed by atoms with Crippen molar-refractivity contribution in [2.24, 2.45) is 0 Å². The van der Waals surface area contributed by atoms with Gasteiger partial charge in [-0.05, 0) is 18.4 Å². The van der Waals surface area contributed by atoms with E-state index in [-0.39, 0.29) is 11.5 Å².